The molecule has 25 heavy (non-hydrogen) atoms. The molecule has 2 N–H and O–H groups in total. The van der Waals surface area contributed by atoms with Crippen molar-refractivity contribution in [1.82, 2.24) is 4.98 Å². The molecule has 0 unspecified atom stereocenters. The van der Waals surface area contributed by atoms with Crippen molar-refractivity contribution < 1.29 is 14.5 Å². The molecule has 0 spiro atoms. The Labute approximate surface area is 144 Å². The van der Waals surface area contributed by atoms with Crippen LogP contribution in [0.2, 0.25) is 0 Å². The second-order valence-electron chi connectivity index (χ2n) is 5.70. The number of anilines is 2. The average Bonchev–Trinajstić information content (AvgIpc) is 3.15. The van der Waals surface area contributed by atoms with Gasteiger partial charge >= 0.3 is 0 Å². The van der Waals surface area contributed by atoms with Crippen LogP contribution in [0.25, 0.3) is 0 Å². The average molecular weight is 342 g/mol. The highest BCUT2D eigenvalue weighted by Gasteiger charge is 2.23. The Bertz CT molecular complexity index is 757. The van der Waals surface area contributed by atoms with Crippen molar-refractivity contribution in [1.29, 1.82) is 0 Å². The zero-order valence-corrected chi connectivity index (χ0v) is 13.5. The SMILES string of the molecule is O=C(Nc1cccc(CNc2ccc([N+](=O)[O-])cn2)c1)[C@@H]1CCCO1. The van der Waals surface area contributed by atoms with E-state index in [9.17, 15) is 14.9 Å². The molecule has 8 heteroatoms. The lowest BCUT2D eigenvalue weighted by Crippen LogP contribution is -2.26. The number of nitrogens with one attached hydrogen (secondary N) is 2. The van der Waals surface area contributed by atoms with Gasteiger partial charge in [0.1, 0.15) is 18.1 Å². The Balaban J connectivity index is 1.57. The first-order valence-electron chi connectivity index (χ1n) is 7.97. The quantitative estimate of drug-likeness (QED) is 0.617. The Kier molecular flexibility index (Phi) is 5.20. The molecule has 1 aromatic carbocycles. The van der Waals surface area contributed by atoms with Crippen LogP contribution in [0.15, 0.2) is 42.6 Å². The summed E-state index contributed by atoms with van der Waals surface area (Å²) in [6.45, 7) is 1.11. The van der Waals surface area contributed by atoms with Gasteiger partial charge in [0.25, 0.3) is 11.6 Å². The molecule has 0 aliphatic carbocycles. The largest absolute Gasteiger partial charge is 0.368 e. The Hall–Kier alpha value is -3.00. The van der Waals surface area contributed by atoms with Gasteiger partial charge in [-0.1, -0.05) is 12.1 Å². The van der Waals surface area contributed by atoms with Gasteiger partial charge in [0.05, 0.1) is 4.92 Å². The van der Waals surface area contributed by atoms with Crippen LogP contribution >= 0.6 is 0 Å². The molecule has 0 radical (unpaired) electrons. The van der Waals surface area contributed by atoms with Crippen LogP contribution < -0.4 is 10.6 Å². The maximum atomic E-state index is 12.1. The number of ether oxygens (including phenoxy) is 1. The number of pyridine rings is 1. The van der Waals surface area contributed by atoms with E-state index in [0.717, 1.165) is 18.4 Å². The summed E-state index contributed by atoms with van der Waals surface area (Å²) < 4.78 is 5.37. The van der Waals surface area contributed by atoms with Gasteiger partial charge in [-0.05, 0) is 36.6 Å². The molecule has 130 valence electrons. The molecule has 1 aliphatic rings. The lowest BCUT2D eigenvalue weighted by molar-refractivity contribution is -0.385. The van der Waals surface area contributed by atoms with E-state index in [0.29, 0.717) is 24.7 Å². The number of hydrogen-bond donors (Lipinski definition) is 2. The predicted molar refractivity (Wildman–Crippen MR) is 92.3 cm³/mol. The zero-order chi connectivity index (χ0) is 17.6. The van der Waals surface area contributed by atoms with Crippen LogP contribution in [-0.2, 0) is 16.1 Å². The maximum absolute atomic E-state index is 12.1. The highest BCUT2D eigenvalue weighted by molar-refractivity contribution is 5.94. The molecule has 3 rings (SSSR count). The van der Waals surface area contributed by atoms with Gasteiger partial charge in [-0.25, -0.2) is 4.98 Å². The van der Waals surface area contributed by atoms with Crippen LogP contribution in [0.3, 0.4) is 0 Å². The fourth-order valence-corrected chi connectivity index (χ4v) is 2.56. The van der Waals surface area contributed by atoms with E-state index in [1.807, 2.05) is 24.3 Å². The number of amides is 1. The van der Waals surface area contributed by atoms with E-state index in [-0.39, 0.29) is 17.7 Å². The Morgan fingerprint density at radius 3 is 2.92 bits per heavy atom. The van der Waals surface area contributed by atoms with Gasteiger partial charge in [-0.3, -0.25) is 14.9 Å². The fourth-order valence-electron chi connectivity index (χ4n) is 2.56. The first kappa shape index (κ1) is 16.8. The number of hydrogen-bond acceptors (Lipinski definition) is 6. The summed E-state index contributed by atoms with van der Waals surface area (Å²) in [5.74, 6) is 0.416. The van der Waals surface area contributed by atoms with Gasteiger partial charge < -0.3 is 15.4 Å². The summed E-state index contributed by atoms with van der Waals surface area (Å²) >= 11 is 0. The van der Waals surface area contributed by atoms with Crippen LogP contribution in [0.5, 0.6) is 0 Å². The molecule has 0 bridgehead atoms. The molecule has 1 amide bonds. The van der Waals surface area contributed by atoms with Crippen molar-refractivity contribution in [3.63, 3.8) is 0 Å². The van der Waals surface area contributed by atoms with E-state index in [4.69, 9.17) is 4.74 Å². The van der Waals surface area contributed by atoms with Crippen LogP contribution in [0.1, 0.15) is 18.4 Å². The highest BCUT2D eigenvalue weighted by atomic mass is 16.6. The van der Waals surface area contributed by atoms with E-state index < -0.39 is 4.92 Å². The topological polar surface area (TPSA) is 106 Å². The minimum atomic E-state index is -0.489. The fraction of sp³-hybridized carbons (Fsp3) is 0.294. The highest BCUT2D eigenvalue weighted by Crippen LogP contribution is 2.17. The number of rotatable bonds is 6. The summed E-state index contributed by atoms with van der Waals surface area (Å²) in [6, 6.07) is 10.4. The Morgan fingerprint density at radius 2 is 2.24 bits per heavy atom. The first-order valence-corrected chi connectivity index (χ1v) is 7.97. The molecular formula is C17H18N4O4. The maximum Gasteiger partial charge on any atom is 0.287 e. The molecule has 1 fully saturated rings. The van der Waals surface area contributed by atoms with Crippen molar-refractivity contribution in [3.05, 3.63) is 58.3 Å². The van der Waals surface area contributed by atoms with E-state index in [1.54, 1.807) is 6.07 Å². The number of aromatic nitrogens is 1. The lowest BCUT2D eigenvalue weighted by Gasteiger charge is -2.12. The van der Waals surface area contributed by atoms with Gasteiger partial charge in [0.15, 0.2) is 0 Å². The second kappa shape index (κ2) is 7.71. The molecule has 1 aliphatic heterocycles. The third-order valence-corrected chi connectivity index (χ3v) is 3.85. The molecule has 1 saturated heterocycles. The smallest absolute Gasteiger partial charge is 0.287 e. The van der Waals surface area contributed by atoms with E-state index >= 15 is 0 Å². The lowest BCUT2D eigenvalue weighted by atomic mass is 10.2. The summed E-state index contributed by atoms with van der Waals surface area (Å²) in [4.78, 5) is 26.2. The zero-order valence-electron chi connectivity index (χ0n) is 13.5. The summed E-state index contributed by atoms with van der Waals surface area (Å²) in [5.41, 5.74) is 1.60. The molecular weight excluding hydrogens is 324 g/mol. The summed E-state index contributed by atoms with van der Waals surface area (Å²) in [6.07, 6.45) is 2.50. The molecule has 0 saturated carbocycles. The molecule has 1 aromatic heterocycles. The Morgan fingerprint density at radius 1 is 1.36 bits per heavy atom. The third kappa shape index (κ3) is 4.51. The number of benzene rings is 1. The van der Waals surface area contributed by atoms with Gasteiger partial charge in [0.2, 0.25) is 0 Å². The van der Waals surface area contributed by atoms with Crippen molar-refractivity contribution in [2.75, 3.05) is 17.2 Å². The predicted octanol–water partition coefficient (Wildman–Crippen LogP) is 2.72. The van der Waals surface area contributed by atoms with E-state index in [2.05, 4.69) is 15.6 Å². The van der Waals surface area contributed by atoms with Gasteiger partial charge in [-0.2, -0.15) is 0 Å². The minimum absolute atomic E-state index is 0.0515. The van der Waals surface area contributed by atoms with Gasteiger partial charge in [-0.15, -0.1) is 0 Å². The minimum Gasteiger partial charge on any atom is -0.368 e. The van der Waals surface area contributed by atoms with Crippen molar-refractivity contribution in [2.45, 2.75) is 25.5 Å². The standard InChI is InChI=1S/C17H18N4O4/c22-17(15-5-2-8-25-15)20-13-4-1-3-12(9-13)10-18-16-7-6-14(11-19-16)21(23)24/h1,3-4,6-7,9,11,15H,2,5,8,10H2,(H,18,19)(H,20,22)/t15-/m0/s1. The number of carbonyl (C=O) groups excluding carboxylic acids is 1. The normalized spacial score (nSPS) is 16.4. The first-order chi connectivity index (χ1) is 12.1. The number of nitro groups is 1. The summed E-state index contributed by atoms with van der Waals surface area (Å²) in [7, 11) is 0. The third-order valence-electron chi connectivity index (χ3n) is 3.85. The van der Waals surface area contributed by atoms with Crippen LogP contribution in [-0.4, -0.2) is 28.5 Å². The molecule has 1 atom stereocenters. The van der Waals surface area contributed by atoms with Crippen molar-refractivity contribution in [2.24, 2.45) is 0 Å². The van der Waals surface area contributed by atoms with Crippen LogP contribution in [0.4, 0.5) is 17.2 Å². The molecule has 8 nitrogen and oxygen atoms in total. The molecule has 2 aromatic rings. The van der Waals surface area contributed by atoms with Crippen molar-refractivity contribution in [3.8, 4) is 0 Å². The van der Waals surface area contributed by atoms with Gasteiger partial charge in [0, 0.05) is 24.9 Å². The monoisotopic (exact) mass is 342 g/mol. The van der Waals surface area contributed by atoms with E-state index in [1.165, 1.54) is 12.3 Å². The molecule has 2 heterocycles. The second-order valence-corrected chi connectivity index (χ2v) is 5.70. The van der Waals surface area contributed by atoms with Crippen LogP contribution in [0, 0.1) is 10.1 Å². The summed E-state index contributed by atoms with van der Waals surface area (Å²) in [5, 5.41) is 16.6. The number of nitrogens with zero attached hydrogens (tertiary/aromatic N) is 2. The van der Waals surface area contributed by atoms with Crippen molar-refractivity contribution >= 4 is 23.1 Å². The number of carbonyl (C=O) groups is 1.